The van der Waals surface area contributed by atoms with Crippen molar-refractivity contribution in [2.45, 2.75) is 0 Å². The Hall–Kier alpha value is -1.82. The van der Waals surface area contributed by atoms with E-state index in [0.717, 1.165) is 6.29 Å². The van der Waals surface area contributed by atoms with Gasteiger partial charge < -0.3 is 4.74 Å². The van der Waals surface area contributed by atoms with Gasteiger partial charge in [0, 0.05) is 12.3 Å². The average Bonchev–Trinajstić information content (AvgIpc) is 2.78. The molecule has 5 nitrogen and oxygen atoms in total. The molecule has 2 aromatic heterocycles. The van der Waals surface area contributed by atoms with Gasteiger partial charge in [-0.15, -0.1) is 11.3 Å². The normalized spacial score (nSPS) is 9.93. The zero-order valence-corrected chi connectivity index (χ0v) is 8.69. The molecule has 0 amide bonds. The minimum Gasteiger partial charge on any atom is -0.481 e. The molecule has 2 aromatic rings. The minimum atomic E-state index is 0.475. The van der Waals surface area contributed by atoms with Gasteiger partial charge in [-0.3, -0.25) is 4.79 Å². The number of rotatable bonds is 3. The van der Waals surface area contributed by atoms with Gasteiger partial charge in [0.05, 0.1) is 12.0 Å². The van der Waals surface area contributed by atoms with Crippen LogP contribution in [-0.4, -0.2) is 28.3 Å². The van der Waals surface area contributed by atoms with E-state index in [-0.39, 0.29) is 0 Å². The number of aromatic nitrogens is 3. The Bertz CT molecular complexity index is 484. The Labute approximate surface area is 89.8 Å². The predicted molar refractivity (Wildman–Crippen MR) is 55.1 cm³/mol. The Balaban J connectivity index is 2.39. The molecule has 0 bridgehead atoms. The molecule has 0 saturated heterocycles. The van der Waals surface area contributed by atoms with E-state index in [9.17, 15) is 4.79 Å². The lowest BCUT2D eigenvalue weighted by Gasteiger charge is -1.98. The van der Waals surface area contributed by atoms with Crippen molar-refractivity contribution in [2.24, 2.45) is 0 Å². The number of ether oxygens (including phenoxy) is 1. The Kier molecular flexibility index (Phi) is 2.68. The number of nitrogens with zero attached hydrogens (tertiary/aromatic N) is 3. The molecule has 0 atom stereocenters. The van der Waals surface area contributed by atoms with E-state index < -0.39 is 0 Å². The van der Waals surface area contributed by atoms with Gasteiger partial charge in [0.1, 0.15) is 17.0 Å². The predicted octanol–water partition coefficient (Wildman–Crippen LogP) is 1.42. The van der Waals surface area contributed by atoms with Crippen LogP contribution in [0.5, 0.6) is 5.88 Å². The van der Waals surface area contributed by atoms with E-state index in [1.165, 1.54) is 31.0 Å². The highest BCUT2D eigenvalue weighted by molar-refractivity contribution is 7.16. The van der Waals surface area contributed by atoms with Gasteiger partial charge in [0.2, 0.25) is 5.88 Å². The van der Waals surface area contributed by atoms with Gasteiger partial charge in [0.25, 0.3) is 0 Å². The number of hydrogen-bond acceptors (Lipinski definition) is 6. The third-order valence-electron chi connectivity index (χ3n) is 1.71. The highest BCUT2D eigenvalue weighted by Crippen LogP contribution is 2.23. The van der Waals surface area contributed by atoms with Crippen LogP contribution in [0, 0.1) is 0 Å². The molecule has 2 rings (SSSR count). The maximum Gasteiger partial charge on any atom is 0.216 e. The molecular formula is C9H7N3O2S. The summed E-state index contributed by atoms with van der Waals surface area (Å²) in [6, 6.07) is 1.67. The van der Waals surface area contributed by atoms with E-state index in [2.05, 4.69) is 15.0 Å². The van der Waals surface area contributed by atoms with Crippen molar-refractivity contribution < 1.29 is 9.53 Å². The molecule has 0 N–H and O–H groups in total. The summed E-state index contributed by atoms with van der Waals surface area (Å²) in [7, 11) is 1.53. The zero-order valence-electron chi connectivity index (χ0n) is 7.88. The third kappa shape index (κ3) is 1.99. The van der Waals surface area contributed by atoms with Crippen LogP contribution in [0.2, 0.25) is 0 Å². The number of aldehydes is 1. The molecule has 0 fully saturated rings. The molecule has 0 radical (unpaired) electrons. The van der Waals surface area contributed by atoms with Crippen LogP contribution in [0.1, 0.15) is 9.67 Å². The molecule has 0 saturated carbocycles. The van der Waals surface area contributed by atoms with Crippen molar-refractivity contribution in [2.75, 3.05) is 7.11 Å². The number of thiazole rings is 1. The van der Waals surface area contributed by atoms with E-state index in [0.29, 0.717) is 21.5 Å². The lowest BCUT2D eigenvalue weighted by atomic mass is 10.4. The number of hydrogen-bond donors (Lipinski definition) is 0. The summed E-state index contributed by atoms with van der Waals surface area (Å²) in [6.45, 7) is 0. The van der Waals surface area contributed by atoms with Crippen LogP contribution in [0.15, 0.2) is 18.6 Å². The second kappa shape index (κ2) is 4.14. The molecular weight excluding hydrogens is 214 g/mol. The Morgan fingerprint density at radius 1 is 1.40 bits per heavy atom. The fraction of sp³-hybridized carbons (Fsp3) is 0.111. The molecule has 6 heteroatoms. The van der Waals surface area contributed by atoms with Crippen molar-refractivity contribution >= 4 is 17.6 Å². The van der Waals surface area contributed by atoms with E-state index in [1.807, 2.05) is 0 Å². The van der Waals surface area contributed by atoms with Gasteiger partial charge in [-0.05, 0) is 0 Å². The Morgan fingerprint density at radius 2 is 2.27 bits per heavy atom. The molecule has 76 valence electrons. The smallest absolute Gasteiger partial charge is 0.216 e. The topological polar surface area (TPSA) is 65.0 Å². The fourth-order valence-corrected chi connectivity index (χ4v) is 1.73. The quantitative estimate of drug-likeness (QED) is 0.733. The summed E-state index contributed by atoms with van der Waals surface area (Å²) < 4.78 is 4.97. The molecule has 0 aliphatic carbocycles. The van der Waals surface area contributed by atoms with E-state index in [1.54, 1.807) is 6.07 Å². The van der Waals surface area contributed by atoms with Crippen molar-refractivity contribution in [3.63, 3.8) is 0 Å². The first-order chi connectivity index (χ1) is 7.33. The highest BCUT2D eigenvalue weighted by atomic mass is 32.1. The van der Waals surface area contributed by atoms with Crippen molar-refractivity contribution in [3.05, 3.63) is 23.5 Å². The summed E-state index contributed by atoms with van der Waals surface area (Å²) >= 11 is 1.28. The summed E-state index contributed by atoms with van der Waals surface area (Å²) in [5.74, 6) is 0.475. The van der Waals surface area contributed by atoms with Crippen LogP contribution in [0.25, 0.3) is 10.7 Å². The molecule has 0 aromatic carbocycles. The zero-order chi connectivity index (χ0) is 10.7. The number of methoxy groups -OCH3 is 1. The minimum absolute atomic E-state index is 0.475. The summed E-state index contributed by atoms with van der Waals surface area (Å²) in [5, 5.41) is 0.679. The SMILES string of the molecule is COc1cc(-c2ncc(C=O)s2)ncn1. The third-order valence-corrected chi connectivity index (χ3v) is 2.66. The second-order valence-corrected chi connectivity index (χ2v) is 3.69. The van der Waals surface area contributed by atoms with Crippen LogP contribution in [0.3, 0.4) is 0 Å². The van der Waals surface area contributed by atoms with Crippen LogP contribution < -0.4 is 4.74 Å². The monoisotopic (exact) mass is 221 g/mol. The first-order valence-electron chi connectivity index (χ1n) is 4.11. The number of carbonyl (C=O) groups is 1. The molecule has 0 unspecified atom stereocenters. The van der Waals surface area contributed by atoms with Gasteiger partial charge >= 0.3 is 0 Å². The molecule has 0 aliphatic rings. The van der Waals surface area contributed by atoms with Crippen LogP contribution in [-0.2, 0) is 0 Å². The van der Waals surface area contributed by atoms with Gasteiger partial charge in [-0.25, -0.2) is 15.0 Å². The number of carbonyl (C=O) groups excluding carboxylic acids is 1. The lowest BCUT2D eigenvalue weighted by Crippen LogP contribution is -1.90. The highest BCUT2D eigenvalue weighted by Gasteiger charge is 2.06. The standard InChI is InChI=1S/C9H7N3O2S/c1-14-8-2-7(11-5-12-8)9-10-3-6(4-13)15-9/h2-5H,1H3. The first kappa shape index (κ1) is 9.72. The molecule has 0 spiro atoms. The largest absolute Gasteiger partial charge is 0.481 e. The van der Waals surface area contributed by atoms with Gasteiger partial charge in [0.15, 0.2) is 6.29 Å². The summed E-state index contributed by atoms with van der Waals surface area (Å²) in [4.78, 5) is 23.1. The average molecular weight is 221 g/mol. The van der Waals surface area contributed by atoms with Crippen molar-refractivity contribution in [1.29, 1.82) is 0 Å². The van der Waals surface area contributed by atoms with E-state index in [4.69, 9.17) is 4.74 Å². The van der Waals surface area contributed by atoms with Gasteiger partial charge in [-0.1, -0.05) is 0 Å². The lowest BCUT2D eigenvalue weighted by molar-refractivity contribution is 0.112. The van der Waals surface area contributed by atoms with E-state index >= 15 is 0 Å². The van der Waals surface area contributed by atoms with Gasteiger partial charge in [-0.2, -0.15) is 0 Å². The Morgan fingerprint density at radius 3 is 2.93 bits per heavy atom. The summed E-state index contributed by atoms with van der Waals surface area (Å²) in [5.41, 5.74) is 0.653. The summed E-state index contributed by atoms with van der Waals surface area (Å²) in [6.07, 6.45) is 3.68. The maximum atomic E-state index is 10.5. The van der Waals surface area contributed by atoms with Crippen LogP contribution >= 0.6 is 11.3 Å². The van der Waals surface area contributed by atoms with Crippen molar-refractivity contribution in [3.8, 4) is 16.6 Å². The first-order valence-corrected chi connectivity index (χ1v) is 4.92. The maximum absolute atomic E-state index is 10.5. The fourth-order valence-electron chi connectivity index (χ4n) is 1.03. The molecule has 2 heterocycles. The van der Waals surface area contributed by atoms with Crippen molar-refractivity contribution in [1.82, 2.24) is 15.0 Å². The second-order valence-electron chi connectivity index (χ2n) is 2.63. The molecule has 0 aliphatic heterocycles. The molecule has 15 heavy (non-hydrogen) atoms. The van der Waals surface area contributed by atoms with Crippen LogP contribution in [0.4, 0.5) is 0 Å².